The minimum Gasteiger partial charge on any atom is -0.483 e. The van der Waals surface area contributed by atoms with Crippen LogP contribution in [0.2, 0.25) is 0 Å². The minimum absolute atomic E-state index is 0.171. The molecule has 0 saturated heterocycles. The van der Waals surface area contributed by atoms with Crippen molar-refractivity contribution >= 4 is 44.1 Å². The van der Waals surface area contributed by atoms with Gasteiger partial charge in [0.25, 0.3) is 5.91 Å². The molecule has 1 aliphatic rings. The van der Waals surface area contributed by atoms with Gasteiger partial charge in [0, 0.05) is 10.9 Å². The van der Waals surface area contributed by atoms with Crippen molar-refractivity contribution in [2.45, 2.75) is 25.7 Å². The second-order valence-electron chi connectivity index (χ2n) is 7.30. The first kappa shape index (κ1) is 21.6. The number of anilines is 1. The number of ether oxygens (including phenoxy) is 2. The van der Waals surface area contributed by atoms with Crippen LogP contribution in [-0.4, -0.2) is 25.6 Å². The maximum absolute atomic E-state index is 12.6. The zero-order chi connectivity index (χ0) is 21.8. The molecule has 2 aromatic carbocycles. The van der Waals surface area contributed by atoms with E-state index in [0.717, 1.165) is 28.4 Å². The molecule has 0 radical (unpaired) electrons. The standard InChI is InChI=1S/C24H22BrNO4S/c1-29-24(28)22-18(17-11-10-15-6-2-3-7-16(15)12-17)14-31-23(22)26-21(27)13-30-20-9-5-4-8-19(20)25/h4-5,8-12,14H,2-3,6-7,13H2,1H3,(H,26,27). The summed E-state index contributed by atoms with van der Waals surface area (Å²) < 4.78 is 11.4. The number of nitrogens with one attached hydrogen (secondary N) is 1. The number of esters is 1. The molecule has 1 heterocycles. The van der Waals surface area contributed by atoms with Crippen LogP contribution in [-0.2, 0) is 22.4 Å². The summed E-state index contributed by atoms with van der Waals surface area (Å²) in [6.45, 7) is -0.171. The molecule has 0 fully saturated rings. The topological polar surface area (TPSA) is 64.6 Å². The van der Waals surface area contributed by atoms with Crippen molar-refractivity contribution in [3.63, 3.8) is 0 Å². The van der Waals surface area contributed by atoms with Gasteiger partial charge >= 0.3 is 5.97 Å². The zero-order valence-corrected chi connectivity index (χ0v) is 19.5. The van der Waals surface area contributed by atoms with Gasteiger partial charge in [-0.05, 0) is 70.4 Å². The third kappa shape index (κ3) is 4.83. The predicted octanol–water partition coefficient (Wildman–Crippen LogP) is 5.86. The molecule has 31 heavy (non-hydrogen) atoms. The maximum Gasteiger partial charge on any atom is 0.341 e. The Kier molecular flexibility index (Phi) is 6.73. The van der Waals surface area contributed by atoms with E-state index in [-0.39, 0.29) is 12.5 Å². The highest BCUT2D eigenvalue weighted by Crippen LogP contribution is 2.37. The van der Waals surface area contributed by atoms with E-state index < -0.39 is 5.97 Å². The second kappa shape index (κ2) is 9.66. The Balaban J connectivity index is 1.56. The Morgan fingerprint density at radius 1 is 1.10 bits per heavy atom. The SMILES string of the molecule is COC(=O)c1c(-c2ccc3c(c2)CCCC3)csc1NC(=O)COc1ccccc1Br. The molecular formula is C24H22BrNO4S. The van der Waals surface area contributed by atoms with Gasteiger partial charge < -0.3 is 14.8 Å². The monoisotopic (exact) mass is 499 g/mol. The van der Waals surface area contributed by atoms with Gasteiger partial charge in [-0.15, -0.1) is 11.3 Å². The lowest BCUT2D eigenvalue weighted by Crippen LogP contribution is -2.21. The normalized spacial score (nSPS) is 12.7. The number of amides is 1. The summed E-state index contributed by atoms with van der Waals surface area (Å²) in [5.74, 6) is -0.248. The number of para-hydroxylation sites is 1. The fourth-order valence-electron chi connectivity index (χ4n) is 3.74. The number of benzene rings is 2. The van der Waals surface area contributed by atoms with Crippen LogP contribution in [0.3, 0.4) is 0 Å². The summed E-state index contributed by atoms with van der Waals surface area (Å²) in [7, 11) is 1.35. The molecular weight excluding hydrogens is 478 g/mol. The van der Waals surface area contributed by atoms with Gasteiger partial charge in [0.1, 0.15) is 16.3 Å². The summed E-state index contributed by atoms with van der Waals surface area (Å²) in [4.78, 5) is 25.1. The molecule has 1 aromatic heterocycles. The molecule has 4 rings (SSSR count). The molecule has 0 spiro atoms. The largest absolute Gasteiger partial charge is 0.483 e. The number of halogens is 1. The van der Waals surface area contributed by atoms with Gasteiger partial charge in [0.2, 0.25) is 0 Å². The predicted molar refractivity (Wildman–Crippen MR) is 126 cm³/mol. The first-order chi connectivity index (χ1) is 15.1. The van der Waals surface area contributed by atoms with E-state index in [1.165, 1.54) is 42.4 Å². The maximum atomic E-state index is 12.6. The van der Waals surface area contributed by atoms with E-state index in [0.29, 0.717) is 16.3 Å². The molecule has 0 unspecified atom stereocenters. The summed E-state index contributed by atoms with van der Waals surface area (Å²) in [6.07, 6.45) is 4.55. The fraction of sp³-hybridized carbons (Fsp3) is 0.250. The van der Waals surface area contributed by atoms with Crippen LogP contribution in [0.25, 0.3) is 11.1 Å². The number of hydrogen-bond donors (Lipinski definition) is 1. The highest BCUT2D eigenvalue weighted by molar-refractivity contribution is 9.10. The van der Waals surface area contributed by atoms with Gasteiger partial charge in [-0.2, -0.15) is 0 Å². The minimum atomic E-state index is -0.476. The Morgan fingerprint density at radius 2 is 1.87 bits per heavy atom. The van der Waals surface area contributed by atoms with Gasteiger partial charge in [-0.1, -0.05) is 30.3 Å². The van der Waals surface area contributed by atoms with Crippen LogP contribution in [0.4, 0.5) is 5.00 Å². The smallest absolute Gasteiger partial charge is 0.341 e. The average molecular weight is 500 g/mol. The average Bonchev–Trinajstić information content (AvgIpc) is 3.21. The summed E-state index contributed by atoms with van der Waals surface area (Å²) in [6, 6.07) is 13.7. The van der Waals surface area contributed by atoms with Crippen molar-refractivity contribution in [2.75, 3.05) is 19.0 Å². The zero-order valence-electron chi connectivity index (χ0n) is 17.1. The molecule has 0 saturated carbocycles. The number of rotatable bonds is 6. The van der Waals surface area contributed by atoms with Crippen LogP contribution >= 0.6 is 27.3 Å². The van der Waals surface area contributed by atoms with Gasteiger partial charge in [-0.25, -0.2) is 4.79 Å². The molecule has 1 N–H and O–H groups in total. The number of methoxy groups -OCH3 is 1. The lowest BCUT2D eigenvalue weighted by molar-refractivity contribution is -0.118. The highest BCUT2D eigenvalue weighted by atomic mass is 79.9. The van der Waals surface area contributed by atoms with Gasteiger partial charge in [-0.3, -0.25) is 4.79 Å². The molecule has 7 heteroatoms. The molecule has 1 aliphatic carbocycles. The van der Waals surface area contributed by atoms with E-state index in [1.807, 2.05) is 29.6 Å². The van der Waals surface area contributed by atoms with Crippen molar-refractivity contribution in [1.29, 1.82) is 0 Å². The van der Waals surface area contributed by atoms with Crippen molar-refractivity contribution in [3.05, 3.63) is 69.0 Å². The third-order valence-electron chi connectivity index (χ3n) is 5.29. The van der Waals surface area contributed by atoms with E-state index >= 15 is 0 Å². The first-order valence-electron chi connectivity index (χ1n) is 10.1. The summed E-state index contributed by atoms with van der Waals surface area (Å²) in [5.41, 5.74) is 4.81. The molecule has 0 bridgehead atoms. The number of carbonyl (C=O) groups is 2. The van der Waals surface area contributed by atoms with E-state index in [1.54, 1.807) is 6.07 Å². The van der Waals surface area contributed by atoms with Crippen molar-refractivity contribution < 1.29 is 19.1 Å². The molecule has 0 aliphatic heterocycles. The Bertz CT molecular complexity index is 1120. The van der Waals surface area contributed by atoms with Crippen molar-refractivity contribution in [2.24, 2.45) is 0 Å². The Morgan fingerprint density at radius 3 is 2.65 bits per heavy atom. The number of carbonyl (C=O) groups excluding carboxylic acids is 2. The number of fused-ring (bicyclic) bond motifs is 1. The first-order valence-corrected chi connectivity index (χ1v) is 11.7. The van der Waals surface area contributed by atoms with Gasteiger partial charge in [0.05, 0.1) is 11.6 Å². The molecule has 5 nitrogen and oxygen atoms in total. The van der Waals surface area contributed by atoms with E-state index in [2.05, 4.69) is 33.4 Å². The van der Waals surface area contributed by atoms with E-state index in [9.17, 15) is 9.59 Å². The highest BCUT2D eigenvalue weighted by Gasteiger charge is 2.23. The molecule has 1 amide bonds. The lowest BCUT2D eigenvalue weighted by Gasteiger charge is -2.16. The van der Waals surface area contributed by atoms with Crippen molar-refractivity contribution in [1.82, 2.24) is 0 Å². The number of aryl methyl sites for hydroxylation is 2. The third-order valence-corrected chi connectivity index (χ3v) is 6.84. The summed E-state index contributed by atoms with van der Waals surface area (Å²) >= 11 is 4.70. The Hall–Kier alpha value is -2.64. The number of thiophene rings is 1. The van der Waals surface area contributed by atoms with Gasteiger partial charge in [0.15, 0.2) is 6.61 Å². The van der Waals surface area contributed by atoms with E-state index in [4.69, 9.17) is 9.47 Å². The molecule has 160 valence electrons. The van der Waals surface area contributed by atoms with Crippen LogP contribution in [0.15, 0.2) is 52.3 Å². The number of hydrogen-bond acceptors (Lipinski definition) is 5. The van der Waals surface area contributed by atoms with Crippen LogP contribution in [0.5, 0.6) is 5.75 Å². The molecule has 3 aromatic rings. The quantitative estimate of drug-likeness (QED) is 0.431. The van der Waals surface area contributed by atoms with Crippen LogP contribution < -0.4 is 10.1 Å². The second-order valence-corrected chi connectivity index (χ2v) is 9.04. The fourth-order valence-corrected chi connectivity index (χ4v) is 5.11. The lowest BCUT2D eigenvalue weighted by atomic mass is 9.89. The molecule has 0 atom stereocenters. The van der Waals surface area contributed by atoms with Crippen LogP contribution in [0.1, 0.15) is 34.3 Å². The summed E-state index contributed by atoms with van der Waals surface area (Å²) in [5, 5.41) is 5.15. The van der Waals surface area contributed by atoms with Crippen LogP contribution in [0, 0.1) is 0 Å². The Labute approximate surface area is 193 Å². The van der Waals surface area contributed by atoms with Crippen molar-refractivity contribution in [3.8, 4) is 16.9 Å².